The van der Waals surface area contributed by atoms with Crippen LogP contribution in [0.5, 0.6) is 0 Å². The summed E-state index contributed by atoms with van der Waals surface area (Å²) in [5.41, 5.74) is 1.58. The first kappa shape index (κ1) is 23.8. The minimum atomic E-state index is -0.822. The second-order valence-electron chi connectivity index (χ2n) is 8.28. The first-order valence-electron chi connectivity index (χ1n) is 10.8. The normalized spacial score (nSPS) is 22.3. The fourth-order valence-electron chi connectivity index (χ4n) is 4.37. The number of esters is 1. The van der Waals surface area contributed by atoms with Crippen LogP contribution in [-0.4, -0.2) is 54.9 Å². The number of hydrogen-bond acceptors (Lipinski definition) is 9. The highest BCUT2D eigenvalue weighted by Gasteiger charge is 2.60. The summed E-state index contributed by atoms with van der Waals surface area (Å²) in [6.45, 7) is 3.44. The molecular weight excluding hydrogens is 460 g/mol. The Morgan fingerprint density at radius 1 is 1.32 bits per heavy atom. The van der Waals surface area contributed by atoms with E-state index < -0.39 is 22.9 Å². The number of nitro benzene ring substituents is 1. The van der Waals surface area contributed by atoms with Crippen LogP contribution in [0.4, 0.5) is 5.69 Å². The van der Waals surface area contributed by atoms with Gasteiger partial charge in [-0.15, -0.1) is 11.8 Å². The lowest BCUT2D eigenvalue weighted by Gasteiger charge is -2.46. The number of fused-ring (bicyclic) bond motifs is 1. The Kier molecular flexibility index (Phi) is 6.94. The van der Waals surface area contributed by atoms with Gasteiger partial charge in [-0.25, -0.2) is 4.79 Å². The number of thioether (sulfide) groups is 1. The average molecular weight is 485 g/mol. The van der Waals surface area contributed by atoms with Crippen molar-refractivity contribution >= 4 is 29.3 Å². The Hall–Kier alpha value is -3.31. The van der Waals surface area contributed by atoms with Gasteiger partial charge in [0.2, 0.25) is 5.91 Å². The molecule has 4 atom stereocenters. The Labute approximate surface area is 200 Å². The second kappa shape index (κ2) is 9.90. The molecule has 0 radical (unpaired) electrons. The first-order chi connectivity index (χ1) is 16.3. The van der Waals surface area contributed by atoms with E-state index in [1.807, 2.05) is 19.1 Å². The molecule has 0 bridgehead atoms. The van der Waals surface area contributed by atoms with E-state index in [1.165, 1.54) is 40.9 Å². The number of amides is 1. The summed E-state index contributed by atoms with van der Waals surface area (Å²) in [6, 6.07) is 9.12. The highest BCUT2D eigenvalue weighted by Crippen LogP contribution is 2.50. The lowest BCUT2D eigenvalue weighted by Crippen LogP contribution is -2.63. The zero-order chi connectivity index (χ0) is 24.4. The van der Waals surface area contributed by atoms with Gasteiger partial charge < -0.3 is 14.7 Å². The third-order valence-corrected chi connectivity index (χ3v) is 7.35. The van der Waals surface area contributed by atoms with Crippen molar-refractivity contribution in [3.05, 3.63) is 74.6 Å². The Morgan fingerprint density at radius 2 is 2.06 bits per heavy atom. The zero-order valence-corrected chi connectivity index (χ0v) is 19.5. The number of hydrogen-bond donors (Lipinski definition) is 1. The van der Waals surface area contributed by atoms with Gasteiger partial charge in [0.05, 0.1) is 28.7 Å². The summed E-state index contributed by atoms with van der Waals surface area (Å²) < 4.78 is 5.49. The molecule has 3 heterocycles. The third kappa shape index (κ3) is 4.53. The lowest BCUT2D eigenvalue weighted by atomic mass is 9.79. The maximum absolute atomic E-state index is 13.1. The maximum Gasteiger partial charge on any atom is 0.356 e. The fraction of sp³-hybridized carbons (Fsp3) is 0.391. The van der Waals surface area contributed by atoms with Crippen LogP contribution in [0.2, 0.25) is 0 Å². The molecule has 2 aromatic rings. The second-order valence-corrected chi connectivity index (χ2v) is 9.42. The molecule has 2 aliphatic rings. The molecule has 0 aliphatic carbocycles. The maximum atomic E-state index is 13.1. The highest BCUT2D eigenvalue weighted by molar-refractivity contribution is 8.03. The number of rotatable bonds is 9. The molecule has 0 saturated carbocycles. The van der Waals surface area contributed by atoms with Gasteiger partial charge >= 0.3 is 5.97 Å². The van der Waals surface area contributed by atoms with Crippen LogP contribution >= 0.6 is 11.8 Å². The quantitative estimate of drug-likeness (QED) is 0.246. The number of carbonyl (C=O) groups is 2. The van der Waals surface area contributed by atoms with E-state index in [0.29, 0.717) is 17.7 Å². The van der Waals surface area contributed by atoms with Gasteiger partial charge in [0.15, 0.2) is 0 Å². The number of aromatic nitrogens is 2. The van der Waals surface area contributed by atoms with Crippen LogP contribution in [0.15, 0.2) is 53.2 Å². The molecule has 4 rings (SSSR count). The molecule has 178 valence electrons. The summed E-state index contributed by atoms with van der Waals surface area (Å²) in [5, 5.41) is 28.9. The number of nitrogens with zero attached hydrogens (tertiary/aromatic N) is 4. The van der Waals surface area contributed by atoms with Crippen molar-refractivity contribution in [1.82, 2.24) is 15.1 Å². The van der Waals surface area contributed by atoms with Crippen molar-refractivity contribution in [3.63, 3.8) is 0 Å². The number of aliphatic hydroxyl groups is 1. The van der Waals surface area contributed by atoms with Gasteiger partial charge in [0, 0.05) is 41.3 Å². The Balaban J connectivity index is 1.51. The fourth-order valence-corrected chi connectivity index (χ4v) is 5.62. The van der Waals surface area contributed by atoms with Gasteiger partial charge in [-0.1, -0.05) is 6.92 Å². The highest BCUT2D eigenvalue weighted by atomic mass is 32.2. The van der Waals surface area contributed by atoms with Crippen LogP contribution in [0.25, 0.3) is 0 Å². The number of non-ortho nitro benzene ring substituents is 1. The predicted octanol–water partition coefficient (Wildman–Crippen LogP) is 2.47. The van der Waals surface area contributed by atoms with E-state index in [4.69, 9.17) is 4.74 Å². The van der Waals surface area contributed by atoms with Crippen molar-refractivity contribution in [3.8, 4) is 0 Å². The Bertz CT molecular complexity index is 1120. The molecule has 10 nitrogen and oxygen atoms in total. The van der Waals surface area contributed by atoms with E-state index in [9.17, 15) is 24.8 Å². The van der Waals surface area contributed by atoms with E-state index in [0.717, 1.165) is 10.6 Å². The largest absolute Gasteiger partial charge is 0.456 e. The molecule has 1 amide bonds. The monoisotopic (exact) mass is 484 g/mol. The summed E-state index contributed by atoms with van der Waals surface area (Å²) in [5.74, 6) is -0.992. The molecule has 0 spiro atoms. The predicted molar refractivity (Wildman–Crippen MR) is 123 cm³/mol. The van der Waals surface area contributed by atoms with E-state index in [-0.39, 0.29) is 35.9 Å². The molecule has 1 saturated heterocycles. The SMILES string of the molecule is C[C@@H](O)[C@H]1C(=O)N2C(C(=O)OCc3ccc([N+](=O)[O-])cc3)=C(SCCc3cccnn3)[C@H](C)[C@H]12. The van der Waals surface area contributed by atoms with Crippen molar-refractivity contribution in [1.29, 1.82) is 0 Å². The summed E-state index contributed by atoms with van der Waals surface area (Å²) in [6.07, 6.45) is 1.42. The van der Waals surface area contributed by atoms with Crippen LogP contribution in [0.3, 0.4) is 0 Å². The third-order valence-electron chi connectivity index (χ3n) is 6.06. The van der Waals surface area contributed by atoms with Gasteiger partial charge in [0.25, 0.3) is 5.69 Å². The molecular formula is C23H24N4O6S. The standard InChI is InChI=1S/C23H24N4O6S/c1-13-19-18(14(2)28)22(29)26(19)20(21(13)34-11-9-16-4-3-10-24-25-16)23(30)33-12-15-5-7-17(8-6-15)27(31)32/h3-8,10,13-14,18-19,28H,9,11-12H2,1-2H3/t13-,14-,18-,19-/m1/s1. The molecule has 1 aromatic heterocycles. The van der Waals surface area contributed by atoms with Gasteiger partial charge in [-0.3, -0.25) is 14.9 Å². The summed E-state index contributed by atoms with van der Waals surface area (Å²) in [7, 11) is 0. The van der Waals surface area contributed by atoms with Crippen LogP contribution in [0, 0.1) is 22.0 Å². The zero-order valence-electron chi connectivity index (χ0n) is 18.7. The van der Waals surface area contributed by atoms with Crippen molar-refractivity contribution in [2.75, 3.05) is 5.75 Å². The lowest BCUT2D eigenvalue weighted by molar-refractivity contribution is -0.384. The number of benzene rings is 1. The average Bonchev–Trinajstić information content (AvgIpc) is 3.06. The molecule has 1 N–H and O–H groups in total. The van der Waals surface area contributed by atoms with Crippen molar-refractivity contribution in [2.45, 2.75) is 39.0 Å². The number of aliphatic hydroxyl groups excluding tert-OH is 1. The minimum Gasteiger partial charge on any atom is -0.456 e. The van der Waals surface area contributed by atoms with Crippen LogP contribution in [0.1, 0.15) is 25.1 Å². The number of β-lactam (4-membered cyclic amide) rings is 1. The topological polar surface area (TPSA) is 136 Å². The molecule has 11 heteroatoms. The van der Waals surface area contributed by atoms with E-state index >= 15 is 0 Å². The number of carbonyl (C=O) groups excluding carboxylic acids is 2. The van der Waals surface area contributed by atoms with E-state index in [2.05, 4.69) is 10.2 Å². The number of ether oxygens (including phenoxy) is 1. The minimum absolute atomic E-state index is 0.0534. The number of nitro groups is 1. The molecule has 0 unspecified atom stereocenters. The molecule has 34 heavy (non-hydrogen) atoms. The van der Waals surface area contributed by atoms with Crippen LogP contribution in [-0.2, 0) is 27.4 Å². The van der Waals surface area contributed by atoms with Crippen molar-refractivity contribution in [2.24, 2.45) is 11.8 Å². The molecule has 1 aromatic carbocycles. The van der Waals surface area contributed by atoms with Gasteiger partial charge in [-0.05, 0) is 36.8 Å². The Morgan fingerprint density at radius 3 is 2.68 bits per heavy atom. The summed E-state index contributed by atoms with van der Waals surface area (Å²) in [4.78, 5) is 38.4. The first-order valence-corrected chi connectivity index (χ1v) is 11.8. The molecule has 2 aliphatic heterocycles. The smallest absolute Gasteiger partial charge is 0.356 e. The molecule has 1 fully saturated rings. The van der Waals surface area contributed by atoms with Gasteiger partial charge in [0.1, 0.15) is 12.3 Å². The van der Waals surface area contributed by atoms with Crippen molar-refractivity contribution < 1.29 is 24.4 Å². The number of aryl methyl sites for hydroxylation is 1. The van der Waals surface area contributed by atoms with Crippen LogP contribution < -0.4 is 0 Å². The van der Waals surface area contributed by atoms with E-state index in [1.54, 1.807) is 13.1 Å². The van der Waals surface area contributed by atoms with Gasteiger partial charge in [-0.2, -0.15) is 10.2 Å². The summed E-state index contributed by atoms with van der Waals surface area (Å²) >= 11 is 1.47.